The van der Waals surface area contributed by atoms with Crippen molar-refractivity contribution in [2.45, 2.75) is 71.8 Å². The van der Waals surface area contributed by atoms with Gasteiger partial charge in [0.05, 0.1) is 25.4 Å². The van der Waals surface area contributed by atoms with E-state index in [9.17, 15) is 5.11 Å². The van der Waals surface area contributed by atoms with Gasteiger partial charge in [0.25, 0.3) is 0 Å². The summed E-state index contributed by atoms with van der Waals surface area (Å²) >= 11 is 0. The van der Waals surface area contributed by atoms with E-state index >= 15 is 0 Å². The molecule has 15 heteroatoms. The maximum absolute atomic E-state index is 10.5. The maximum atomic E-state index is 10.5. The molecule has 2 aliphatic rings. The minimum atomic E-state index is -3.03. The Kier molecular flexibility index (Phi) is 22.9. The van der Waals surface area contributed by atoms with E-state index in [1.807, 2.05) is 34.6 Å². The van der Waals surface area contributed by atoms with Crippen LogP contribution in [0.5, 0.6) is 0 Å². The van der Waals surface area contributed by atoms with Crippen LogP contribution in [0.2, 0.25) is 12.1 Å². The minimum absolute atomic E-state index is 0.192. The van der Waals surface area contributed by atoms with Gasteiger partial charge in [-0.1, -0.05) is 0 Å². The molecule has 0 bridgehead atoms. The molecule has 0 saturated carbocycles. The number of rotatable bonds is 28. The highest BCUT2D eigenvalue weighted by Gasteiger charge is 2.43. The molecule has 2 rings (SSSR count). The molecule has 0 spiro atoms. The van der Waals surface area contributed by atoms with E-state index in [1.54, 1.807) is 0 Å². The number of aliphatic hydroxyl groups is 1. The van der Waals surface area contributed by atoms with Crippen LogP contribution in [0.4, 0.5) is 0 Å². The molecule has 0 radical (unpaired) electrons. The molecular weight excluding hydrogens is 641 g/mol. The van der Waals surface area contributed by atoms with E-state index in [4.69, 9.17) is 36.0 Å². The fourth-order valence-corrected chi connectivity index (χ4v) is 11.4. The highest BCUT2D eigenvalue weighted by atomic mass is 28.4. The Hall–Kier alpha value is -0.0862. The first-order valence-corrected chi connectivity index (χ1v) is 22.1. The summed E-state index contributed by atoms with van der Waals surface area (Å²) in [6.45, 7) is 24.0. The summed E-state index contributed by atoms with van der Waals surface area (Å²) in [4.78, 5) is 9.43. The lowest BCUT2D eigenvalue weighted by Crippen LogP contribution is -2.54. The fourth-order valence-electron chi connectivity index (χ4n) is 6.05. The third-order valence-electron chi connectivity index (χ3n) is 8.45. The van der Waals surface area contributed by atoms with Gasteiger partial charge in [0.15, 0.2) is 0 Å². The Bertz CT molecular complexity index is 743. The predicted octanol–water partition coefficient (Wildman–Crippen LogP) is 2.10. The van der Waals surface area contributed by atoms with Crippen molar-refractivity contribution in [3.05, 3.63) is 0 Å². The van der Waals surface area contributed by atoms with Crippen molar-refractivity contribution in [2.24, 2.45) is 0 Å². The molecular formula is C32H70N4O9Si2. The molecule has 2 heterocycles. The first-order chi connectivity index (χ1) is 22.7. The molecule has 0 aromatic heterocycles. The van der Waals surface area contributed by atoms with Gasteiger partial charge in [-0.15, -0.1) is 0 Å². The summed E-state index contributed by atoms with van der Waals surface area (Å²) in [5.74, 6) is 0. The maximum Gasteiger partial charge on any atom is 0.501 e. The number of likely N-dealkylation sites (N-methyl/N-ethyl adjacent to an activating group) is 2. The number of hydrogen-bond acceptors (Lipinski definition) is 13. The van der Waals surface area contributed by atoms with Crippen molar-refractivity contribution in [3.63, 3.8) is 0 Å². The summed E-state index contributed by atoms with van der Waals surface area (Å²) in [5, 5.41) is 10.5. The summed E-state index contributed by atoms with van der Waals surface area (Å²) in [6, 6.07) is 1.36. The van der Waals surface area contributed by atoms with Crippen molar-refractivity contribution in [2.75, 3.05) is 139 Å². The molecule has 0 aromatic carbocycles. The standard InChI is InChI=1S/C32H70N4O9Si2/c1-8-40-46(41-9-2,42-10-3)25-13-24-39-30-32(28-36-21-17-34(7)18-22-36)45-47(43-11-4,44-12-5)26-14-23-38-29-31(37)27-35-19-15-33(6)16-20-35/h31-32,37H,8-30H2,1-7H3. The number of β-amino-alcohol motifs (C(OH)–C–C–N with tert-alkyl or cyclic N) is 1. The van der Waals surface area contributed by atoms with Gasteiger partial charge in [-0.3, -0.25) is 9.80 Å². The number of piperazine rings is 2. The second-order valence-corrected chi connectivity index (χ2v) is 17.9. The van der Waals surface area contributed by atoms with Gasteiger partial charge in [0.2, 0.25) is 0 Å². The van der Waals surface area contributed by atoms with E-state index in [2.05, 4.69) is 33.7 Å². The normalized spacial score (nSPS) is 19.4. The Balaban J connectivity index is 1.95. The number of aliphatic hydroxyl groups excluding tert-OH is 1. The van der Waals surface area contributed by atoms with Crippen LogP contribution in [-0.4, -0.2) is 194 Å². The van der Waals surface area contributed by atoms with Crippen LogP contribution < -0.4 is 0 Å². The molecule has 47 heavy (non-hydrogen) atoms. The summed E-state index contributed by atoms with van der Waals surface area (Å²) in [6.07, 6.45) is 0.825. The van der Waals surface area contributed by atoms with Crippen LogP contribution in [0.25, 0.3) is 0 Å². The smallest absolute Gasteiger partial charge is 0.389 e. The van der Waals surface area contributed by atoms with Crippen molar-refractivity contribution < 1.29 is 41.1 Å². The van der Waals surface area contributed by atoms with Gasteiger partial charge in [0.1, 0.15) is 0 Å². The van der Waals surface area contributed by atoms with Crippen molar-refractivity contribution in [1.29, 1.82) is 0 Å². The molecule has 0 amide bonds. The van der Waals surface area contributed by atoms with Gasteiger partial charge < -0.3 is 50.9 Å². The largest absolute Gasteiger partial charge is 0.501 e. The third kappa shape index (κ3) is 17.6. The van der Waals surface area contributed by atoms with Gasteiger partial charge in [-0.2, -0.15) is 0 Å². The zero-order valence-electron chi connectivity index (χ0n) is 30.9. The quantitative estimate of drug-likeness (QED) is 0.0948. The van der Waals surface area contributed by atoms with Crippen LogP contribution in [0.15, 0.2) is 0 Å². The lowest BCUT2D eigenvalue weighted by atomic mass is 10.3. The second kappa shape index (κ2) is 25.0. The zero-order chi connectivity index (χ0) is 34.4. The van der Waals surface area contributed by atoms with Gasteiger partial charge in [-0.05, 0) is 61.6 Å². The average Bonchev–Trinajstić information content (AvgIpc) is 3.03. The molecule has 2 fully saturated rings. The van der Waals surface area contributed by atoms with E-state index < -0.39 is 23.7 Å². The summed E-state index contributed by atoms with van der Waals surface area (Å²) < 4.78 is 49.8. The Morgan fingerprint density at radius 2 is 0.957 bits per heavy atom. The summed E-state index contributed by atoms with van der Waals surface area (Å²) in [5.41, 5.74) is 0. The third-order valence-corrected chi connectivity index (χ3v) is 14.7. The first kappa shape index (κ1) is 43.1. The highest BCUT2D eigenvalue weighted by molar-refractivity contribution is 6.61. The number of hydrogen-bond donors (Lipinski definition) is 1. The number of nitrogens with zero attached hydrogens (tertiary/aromatic N) is 4. The monoisotopic (exact) mass is 710 g/mol. The minimum Gasteiger partial charge on any atom is -0.389 e. The van der Waals surface area contributed by atoms with Gasteiger partial charge in [-0.25, -0.2) is 0 Å². The van der Waals surface area contributed by atoms with Gasteiger partial charge in [0, 0.05) is 124 Å². The SMILES string of the molecule is CCO[Si](CCCOCC(CN1CCN(C)CC1)O[Si](CCCOCC(O)CN1CCN(C)CC1)(OCC)OCC)(OCC)OCC. The van der Waals surface area contributed by atoms with E-state index in [1.165, 1.54) is 0 Å². The lowest BCUT2D eigenvalue weighted by molar-refractivity contribution is -0.0306. The topological polar surface area (TPSA) is 107 Å². The van der Waals surface area contributed by atoms with Gasteiger partial charge >= 0.3 is 17.6 Å². The van der Waals surface area contributed by atoms with Crippen LogP contribution in [0.3, 0.4) is 0 Å². The van der Waals surface area contributed by atoms with E-state index in [0.29, 0.717) is 78.1 Å². The molecule has 0 aromatic rings. The van der Waals surface area contributed by atoms with Crippen molar-refractivity contribution in [1.82, 2.24) is 19.6 Å². The molecule has 2 atom stereocenters. The van der Waals surface area contributed by atoms with E-state index in [-0.39, 0.29) is 6.10 Å². The zero-order valence-corrected chi connectivity index (χ0v) is 32.9. The fraction of sp³-hybridized carbons (Fsp3) is 1.00. The molecule has 2 aliphatic heterocycles. The molecule has 2 saturated heterocycles. The molecule has 1 N–H and O–H groups in total. The molecule has 13 nitrogen and oxygen atoms in total. The Morgan fingerprint density at radius 3 is 1.43 bits per heavy atom. The van der Waals surface area contributed by atoms with Crippen molar-refractivity contribution >= 4 is 17.6 Å². The predicted molar refractivity (Wildman–Crippen MR) is 189 cm³/mol. The van der Waals surface area contributed by atoms with E-state index in [0.717, 1.165) is 71.7 Å². The van der Waals surface area contributed by atoms with Crippen LogP contribution in [0.1, 0.15) is 47.5 Å². The Labute approximate surface area is 288 Å². The summed E-state index contributed by atoms with van der Waals surface area (Å²) in [7, 11) is -1.43. The second-order valence-electron chi connectivity index (χ2n) is 12.5. The van der Waals surface area contributed by atoms with Crippen LogP contribution in [-0.2, 0) is 36.0 Å². The number of ether oxygens (including phenoxy) is 2. The first-order valence-electron chi connectivity index (χ1n) is 18.2. The van der Waals surface area contributed by atoms with Crippen molar-refractivity contribution in [3.8, 4) is 0 Å². The lowest BCUT2D eigenvalue weighted by Gasteiger charge is -2.38. The Morgan fingerprint density at radius 1 is 0.553 bits per heavy atom. The molecule has 280 valence electrons. The highest BCUT2D eigenvalue weighted by Crippen LogP contribution is 2.22. The average molecular weight is 711 g/mol. The van der Waals surface area contributed by atoms with Crippen LogP contribution in [0, 0.1) is 0 Å². The van der Waals surface area contributed by atoms with Crippen LogP contribution >= 0.6 is 0 Å². The molecule has 2 unspecified atom stereocenters. The molecule has 0 aliphatic carbocycles.